The Kier molecular flexibility index (Phi) is 6.40. The van der Waals surface area contributed by atoms with Gasteiger partial charge in [-0.05, 0) is 57.8 Å². The Hall–Kier alpha value is -1.67. The van der Waals surface area contributed by atoms with Crippen molar-refractivity contribution in [2.24, 2.45) is 16.4 Å². The number of alkyl halides is 3. The first-order valence-electron chi connectivity index (χ1n) is 11.9. The number of nitrogens with one attached hydrogen (secondary N) is 1. The van der Waals surface area contributed by atoms with Gasteiger partial charge in [0.15, 0.2) is 17.2 Å². The van der Waals surface area contributed by atoms with Gasteiger partial charge in [0.1, 0.15) is 22.1 Å². The van der Waals surface area contributed by atoms with Crippen molar-refractivity contribution in [1.82, 2.24) is 0 Å². The number of rotatable bonds is 3. The number of Topliss-reactive ketones (excluding diaryl/α,β-unsaturated/α-hetero) is 2. The molecule has 1 aliphatic heterocycles. The number of phenols is 2. The zero-order valence-electron chi connectivity index (χ0n) is 21.0. The second kappa shape index (κ2) is 8.42. The van der Waals surface area contributed by atoms with Gasteiger partial charge in [-0.1, -0.05) is 26.0 Å². The summed E-state index contributed by atoms with van der Waals surface area (Å²) in [6.45, 7) is 13.0. The first-order chi connectivity index (χ1) is 16.5. The lowest BCUT2D eigenvalue weighted by molar-refractivity contribution is -0.169. The van der Waals surface area contributed by atoms with Crippen LogP contribution in [-0.2, 0) is 4.74 Å². The zero-order valence-corrected chi connectivity index (χ0v) is 23.2. The van der Waals surface area contributed by atoms with Gasteiger partial charge in [-0.25, -0.2) is 5.53 Å². The monoisotopic (exact) mass is 556 g/mol. The number of phenolic OH excluding ortho intramolecular Hbond substituents is 2. The quantitative estimate of drug-likeness (QED) is 0.211. The predicted octanol–water partition coefficient (Wildman–Crippen LogP) is 6.96. The van der Waals surface area contributed by atoms with Crippen molar-refractivity contribution in [1.29, 1.82) is 5.53 Å². The molecule has 4 rings (SSSR count). The van der Waals surface area contributed by atoms with Crippen molar-refractivity contribution in [3.05, 3.63) is 28.8 Å². The van der Waals surface area contributed by atoms with Gasteiger partial charge in [0.05, 0.1) is 22.1 Å². The molecule has 0 amide bonds. The Bertz CT molecular complexity index is 1210. The van der Waals surface area contributed by atoms with E-state index in [-0.39, 0.29) is 40.8 Å². The van der Waals surface area contributed by atoms with Crippen LogP contribution in [0.5, 0.6) is 11.5 Å². The highest BCUT2D eigenvalue weighted by Gasteiger charge is 2.72. The number of fused-ring (bicyclic) bond motifs is 2. The number of carbonyl (C=O) groups excluding carboxylic acids is 2. The summed E-state index contributed by atoms with van der Waals surface area (Å²) in [7, 11) is 0. The molecule has 1 aromatic carbocycles. The Labute approximate surface area is 225 Å². The molecule has 0 unspecified atom stereocenters. The molecule has 2 fully saturated rings. The summed E-state index contributed by atoms with van der Waals surface area (Å²) < 4.78 is 6.52. The van der Waals surface area contributed by atoms with Crippen molar-refractivity contribution in [2.45, 2.75) is 87.1 Å². The molecule has 196 valence electrons. The summed E-state index contributed by atoms with van der Waals surface area (Å²) in [4.78, 5) is 26.8. The molecule has 1 heterocycles. The Morgan fingerprint density at radius 3 is 2.28 bits per heavy atom. The van der Waals surface area contributed by atoms with Crippen LogP contribution in [0.2, 0.25) is 0 Å². The molecule has 7 nitrogen and oxygen atoms in total. The number of ketones is 2. The van der Waals surface area contributed by atoms with Crippen LogP contribution < -0.4 is 0 Å². The Morgan fingerprint density at radius 2 is 1.69 bits per heavy atom. The van der Waals surface area contributed by atoms with E-state index in [1.165, 1.54) is 6.92 Å². The molecule has 36 heavy (non-hydrogen) atoms. The minimum Gasteiger partial charge on any atom is -0.507 e. The van der Waals surface area contributed by atoms with E-state index in [1.807, 2.05) is 13.8 Å². The van der Waals surface area contributed by atoms with E-state index in [0.29, 0.717) is 6.42 Å². The van der Waals surface area contributed by atoms with Gasteiger partial charge in [0, 0.05) is 10.9 Å². The third-order valence-corrected chi connectivity index (χ3v) is 10.7. The van der Waals surface area contributed by atoms with E-state index in [9.17, 15) is 19.8 Å². The van der Waals surface area contributed by atoms with Gasteiger partial charge in [0.25, 0.3) is 0 Å². The number of nitrogens with zero attached hydrogens (tertiary/aromatic N) is 1. The fourth-order valence-corrected chi connectivity index (χ4v) is 7.20. The molecule has 1 saturated carbocycles. The van der Waals surface area contributed by atoms with Crippen LogP contribution >= 0.6 is 34.8 Å². The molecule has 3 N–H and O–H groups in total. The fraction of sp³-hybridized carbons (Fsp3) is 0.615. The van der Waals surface area contributed by atoms with Crippen LogP contribution in [0.15, 0.2) is 17.3 Å². The van der Waals surface area contributed by atoms with E-state index >= 15 is 0 Å². The van der Waals surface area contributed by atoms with Crippen molar-refractivity contribution in [3.63, 3.8) is 0 Å². The number of aromatic hydroxyl groups is 2. The highest BCUT2D eigenvalue weighted by atomic mass is 35.5. The molecular weight excluding hydrogens is 527 g/mol. The molecule has 0 bridgehead atoms. The summed E-state index contributed by atoms with van der Waals surface area (Å²) in [6.07, 6.45) is 1.23. The SMILES string of the molecule is C=C1CC[C@H](Cl)C(C)(C)[C@@H]1C[C@]12OC(C)(C)[C@H](Cl)C[C@]1(Cl)C(=O)c1c(O)c(C)c(O)c(N=N)c1C2=O. The summed E-state index contributed by atoms with van der Waals surface area (Å²) >= 11 is 20.6. The van der Waals surface area contributed by atoms with E-state index < -0.39 is 55.6 Å². The fourth-order valence-electron chi connectivity index (χ4n) is 6.13. The third kappa shape index (κ3) is 3.42. The standard InChI is InChI=1S/C26H31Cl3N2O5/c1-11-7-8-14(27)23(3,4)13(11)9-26-22(35)16-17(19(32)12(2)20(33)18(16)31-30)21(34)25(26,29)10-15(28)24(5,6)36-26/h13-15,30,32-33H,1,7-10H2,2-6H3/t13-,14+,15-,25+,26-/m1/s1. The number of halogens is 3. The van der Waals surface area contributed by atoms with Gasteiger partial charge in [-0.3, -0.25) is 9.59 Å². The lowest BCUT2D eigenvalue weighted by Gasteiger charge is -2.59. The van der Waals surface area contributed by atoms with Crippen LogP contribution in [0.3, 0.4) is 0 Å². The number of hydrogen-bond acceptors (Lipinski definition) is 7. The smallest absolute Gasteiger partial charge is 0.200 e. The number of allylic oxidation sites excluding steroid dienone is 1. The first kappa shape index (κ1) is 27.4. The Morgan fingerprint density at radius 1 is 1.08 bits per heavy atom. The molecule has 10 heteroatoms. The molecule has 0 aromatic heterocycles. The maximum Gasteiger partial charge on any atom is 0.200 e. The van der Waals surface area contributed by atoms with Crippen molar-refractivity contribution in [3.8, 4) is 11.5 Å². The van der Waals surface area contributed by atoms with Crippen LogP contribution in [0.25, 0.3) is 0 Å². The average Bonchev–Trinajstić information content (AvgIpc) is 2.79. The Balaban J connectivity index is 2.06. The normalized spacial score (nSPS) is 35.2. The van der Waals surface area contributed by atoms with Crippen molar-refractivity contribution < 1.29 is 24.5 Å². The van der Waals surface area contributed by atoms with Crippen LogP contribution in [0, 0.1) is 23.8 Å². The van der Waals surface area contributed by atoms with Crippen LogP contribution in [0.1, 0.15) is 79.7 Å². The lowest BCUT2D eigenvalue weighted by atomic mass is 9.56. The second-order valence-electron chi connectivity index (χ2n) is 11.4. The van der Waals surface area contributed by atoms with Gasteiger partial charge >= 0.3 is 0 Å². The highest BCUT2D eigenvalue weighted by Crippen LogP contribution is 2.62. The summed E-state index contributed by atoms with van der Waals surface area (Å²) in [5.74, 6) is -2.99. The second-order valence-corrected chi connectivity index (χ2v) is 13.1. The molecule has 1 aromatic rings. The zero-order chi connectivity index (χ0) is 27.2. The molecule has 2 aliphatic carbocycles. The van der Waals surface area contributed by atoms with E-state index in [4.69, 9.17) is 45.1 Å². The predicted molar refractivity (Wildman–Crippen MR) is 139 cm³/mol. The maximum atomic E-state index is 14.6. The average molecular weight is 558 g/mol. The molecule has 3 aliphatic rings. The number of benzene rings is 1. The molecular formula is C26H31Cl3N2O5. The van der Waals surface area contributed by atoms with Gasteiger partial charge < -0.3 is 14.9 Å². The van der Waals surface area contributed by atoms with Crippen LogP contribution in [-0.4, -0.2) is 48.6 Å². The highest BCUT2D eigenvalue weighted by molar-refractivity contribution is 6.46. The van der Waals surface area contributed by atoms with Crippen LogP contribution in [0.4, 0.5) is 5.69 Å². The molecule has 5 atom stereocenters. The topological polar surface area (TPSA) is 120 Å². The maximum absolute atomic E-state index is 14.6. The van der Waals surface area contributed by atoms with Crippen molar-refractivity contribution in [2.75, 3.05) is 0 Å². The van der Waals surface area contributed by atoms with Crippen molar-refractivity contribution >= 4 is 52.1 Å². The summed E-state index contributed by atoms with van der Waals surface area (Å²) in [5, 5.41) is 23.9. The lowest BCUT2D eigenvalue weighted by Crippen LogP contribution is -2.73. The minimum absolute atomic E-state index is 0.0184. The van der Waals surface area contributed by atoms with Gasteiger partial charge in [-0.2, -0.15) is 5.11 Å². The summed E-state index contributed by atoms with van der Waals surface area (Å²) in [5.41, 5.74) is 3.75. The molecule has 1 saturated heterocycles. The van der Waals surface area contributed by atoms with Gasteiger partial charge in [0.2, 0.25) is 0 Å². The first-order valence-corrected chi connectivity index (χ1v) is 13.1. The summed E-state index contributed by atoms with van der Waals surface area (Å²) in [6, 6.07) is 0. The number of ether oxygens (including phenoxy) is 1. The van der Waals surface area contributed by atoms with E-state index in [2.05, 4.69) is 11.7 Å². The number of carbonyl (C=O) groups is 2. The number of hydrogen-bond donors (Lipinski definition) is 3. The van der Waals surface area contributed by atoms with E-state index in [0.717, 1.165) is 12.0 Å². The molecule has 0 radical (unpaired) electrons. The van der Waals surface area contributed by atoms with E-state index in [1.54, 1.807) is 13.8 Å². The molecule has 0 spiro atoms. The third-order valence-electron chi connectivity index (χ3n) is 8.65. The largest absolute Gasteiger partial charge is 0.507 e. The van der Waals surface area contributed by atoms with Gasteiger partial charge in [-0.15, -0.1) is 34.8 Å². The minimum atomic E-state index is -1.96.